The molecule has 0 saturated carbocycles. The van der Waals surface area contributed by atoms with E-state index in [2.05, 4.69) is 0 Å². The van der Waals surface area contributed by atoms with Crippen LogP contribution in [0.2, 0.25) is 5.02 Å². The van der Waals surface area contributed by atoms with Crippen LogP contribution in [0, 0.1) is 0 Å². The monoisotopic (exact) mass is 273 g/mol. The lowest BCUT2D eigenvalue weighted by Gasteiger charge is -2.23. The van der Waals surface area contributed by atoms with E-state index in [1.54, 1.807) is 23.1 Å². The van der Waals surface area contributed by atoms with Crippen LogP contribution >= 0.6 is 23.2 Å². The van der Waals surface area contributed by atoms with Crippen LogP contribution < -0.4 is 4.90 Å². The summed E-state index contributed by atoms with van der Waals surface area (Å²) in [6.45, 7) is 2.20. The Bertz CT molecular complexity index is 432. The Hall–Kier alpha value is -1.19. The molecule has 0 heterocycles. The SMILES string of the molecule is C/C(=C/Cl)CN(CC(=O)O)c1cccc(Cl)c1. The summed E-state index contributed by atoms with van der Waals surface area (Å²) in [4.78, 5) is 12.5. The first-order valence-electron chi connectivity index (χ1n) is 5.01. The van der Waals surface area contributed by atoms with Crippen LogP contribution in [-0.4, -0.2) is 24.2 Å². The highest BCUT2D eigenvalue weighted by Gasteiger charge is 2.11. The fourth-order valence-corrected chi connectivity index (χ4v) is 1.66. The molecule has 1 rings (SSSR count). The van der Waals surface area contributed by atoms with Crippen molar-refractivity contribution in [2.45, 2.75) is 6.92 Å². The van der Waals surface area contributed by atoms with Crippen molar-refractivity contribution in [3.63, 3.8) is 0 Å². The number of anilines is 1. The average Bonchev–Trinajstić information content (AvgIpc) is 2.27. The maximum absolute atomic E-state index is 10.8. The molecule has 0 aliphatic carbocycles. The van der Waals surface area contributed by atoms with E-state index >= 15 is 0 Å². The van der Waals surface area contributed by atoms with Crippen molar-refractivity contribution in [2.24, 2.45) is 0 Å². The van der Waals surface area contributed by atoms with Crippen LogP contribution in [0.5, 0.6) is 0 Å². The smallest absolute Gasteiger partial charge is 0.323 e. The summed E-state index contributed by atoms with van der Waals surface area (Å²) in [6, 6.07) is 7.07. The van der Waals surface area contributed by atoms with Gasteiger partial charge in [0, 0.05) is 22.8 Å². The van der Waals surface area contributed by atoms with Crippen LogP contribution in [0.15, 0.2) is 35.4 Å². The van der Waals surface area contributed by atoms with Crippen LogP contribution in [0.25, 0.3) is 0 Å². The van der Waals surface area contributed by atoms with E-state index in [4.69, 9.17) is 28.3 Å². The van der Waals surface area contributed by atoms with Gasteiger partial charge < -0.3 is 10.0 Å². The van der Waals surface area contributed by atoms with Crippen molar-refractivity contribution in [3.05, 3.63) is 40.4 Å². The van der Waals surface area contributed by atoms with E-state index in [9.17, 15) is 4.79 Å². The number of halogens is 2. The Morgan fingerprint density at radius 1 is 1.47 bits per heavy atom. The van der Waals surface area contributed by atoms with E-state index in [0.717, 1.165) is 11.3 Å². The van der Waals surface area contributed by atoms with Crippen LogP contribution in [0.4, 0.5) is 5.69 Å². The number of carboxylic acid groups (broad SMARTS) is 1. The van der Waals surface area contributed by atoms with Crippen LogP contribution in [0.3, 0.4) is 0 Å². The lowest BCUT2D eigenvalue weighted by atomic mass is 10.2. The largest absolute Gasteiger partial charge is 0.480 e. The zero-order chi connectivity index (χ0) is 12.8. The van der Waals surface area contributed by atoms with E-state index in [-0.39, 0.29) is 6.54 Å². The highest BCUT2D eigenvalue weighted by atomic mass is 35.5. The molecule has 0 aliphatic rings. The standard InChI is InChI=1S/C12H13Cl2NO2/c1-9(6-13)7-15(8-12(16)17)11-4-2-3-10(14)5-11/h2-6H,7-8H2,1H3,(H,16,17)/b9-6-. The molecule has 1 aromatic rings. The Morgan fingerprint density at radius 2 is 2.18 bits per heavy atom. The van der Waals surface area contributed by atoms with Crippen LogP contribution in [-0.2, 0) is 4.79 Å². The number of nitrogens with zero attached hydrogens (tertiary/aromatic N) is 1. The quantitative estimate of drug-likeness (QED) is 0.894. The molecule has 3 nitrogen and oxygen atoms in total. The number of hydrogen-bond donors (Lipinski definition) is 1. The predicted molar refractivity (Wildman–Crippen MR) is 70.9 cm³/mol. The van der Waals surface area contributed by atoms with Gasteiger partial charge in [0.2, 0.25) is 0 Å². The van der Waals surface area contributed by atoms with Gasteiger partial charge >= 0.3 is 5.97 Å². The van der Waals surface area contributed by atoms with Gasteiger partial charge in [-0.15, -0.1) is 0 Å². The van der Waals surface area contributed by atoms with Crippen molar-refractivity contribution < 1.29 is 9.90 Å². The van der Waals surface area contributed by atoms with Gasteiger partial charge in [-0.05, 0) is 30.7 Å². The minimum Gasteiger partial charge on any atom is -0.480 e. The van der Waals surface area contributed by atoms with E-state index < -0.39 is 5.97 Å². The van der Waals surface area contributed by atoms with Crippen molar-refractivity contribution in [1.29, 1.82) is 0 Å². The van der Waals surface area contributed by atoms with Gasteiger partial charge in [0.25, 0.3) is 0 Å². The third kappa shape index (κ3) is 4.67. The first kappa shape index (κ1) is 13.9. The van der Waals surface area contributed by atoms with Crippen LogP contribution in [0.1, 0.15) is 6.92 Å². The van der Waals surface area contributed by atoms with Crippen molar-refractivity contribution >= 4 is 34.9 Å². The first-order valence-corrected chi connectivity index (χ1v) is 5.82. The molecular formula is C12H13Cl2NO2. The normalized spacial score (nSPS) is 11.4. The van der Waals surface area contributed by atoms with Gasteiger partial charge in [-0.1, -0.05) is 29.3 Å². The predicted octanol–water partition coefficient (Wildman–Crippen LogP) is 3.37. The van der Waals surface area contributed by atoms with E-state index in [1.165, 1.54) is 5.54 Å². The van der Waals surface area contributed by atoms with Crippen molar-refractivity contribution in [3.8, 4) is 0 Å². The van der Waals surface area contributed by atoms with Gasteiger partial charge in [0.1, 0.15) is 6.54 Å². The third-order valence-electron chi connectivity index (χ3n) is 2.13. The average molecular weight is 274 g/mol. The molecule has 1 aromatic carbocycles. The number of benzene rings is 1. The summed E-state index contributed by atoms with van der Waals surface area (Å²) in [6.07, 6.45) is 0. The molecule has 5 heteroatoms. The summed E-state index contributed by atoms with van der Waals surface area (Å²) in [7, 11) is 0. The van der Waals surface area contributed by atoms with Gasteiger partial charge in [-0.2, -0.15) is 0 Å². The Labute approximate surface area is 110 Å². The number of carboxylic acids is 1. The maximum atomic E-state index is 10.8. The molecular weight excluding hydrogens is 261 g/mol. The molecule has 0 saturated heterocycles. The minimum atomic E-state index is -0.896. The summed E-state index contributed by atoms with van der Waals surface area (Å²) < 4.78 is 0. The van der Waals surface area contributed by atoms with Gasteiger partial charge in [-0.25, -0.2) is 0 Å². The fraction of sp³-hybridized carbons (Fsp3) is 0.250. The number of aliphatic carboxylic acids is 1. The molecule has 17 heavy (non-hydrogen) atoms. The molecule has 0 unspecified atom stereocenters. The second-order valence-electron chi connectivity index (χ2n) is 3.69. The molecule has 0 aliphatic heterocycles. The number of rotatable bonds is 5. The number of hydrogen-bond acceptors (Lipinski definition) is 2. The molecule has 0 aromatic heterocycles. The molecule has 1 N–H and O–H groups in total. The lowest BCUT2D eigenvalue weighted by molar-refractivity contribution is -0.135. The summed E-state index contributed by atoms with van der Waals surface area (Å²) in [5.74, 6) is -0.896. The molecule has 0 amide bonds. The first-order chi connectivity index (χ1) is 8.02. The lowest BCUT2D eigenvalue weighted by Crippen LogP contribution is -2.31. The summed E-state index contributed by atoms with van der Waals surface area (Å²) in [5.41, 5.74) is 3.09. The Balaban J connectivity index is 2.93. The Kier molecular flexibility index (Phi) is 5.32. The number of carbonyl (C=O) groups is 1. The molecule has 92 valence electrons. The fourth-order valence-electron chi connectivity index (χ4n) is 1.41. The third-order valence-corrected chi connectivity index (χ3v) is 2.73. The minimum absolute atomic E-state index is 0.0948. The molecule has 0 bridgehead atoms. The second kappa shape index (κ2) is 6.52. The second-order valence-corrected chi connectivity index (χ2v) is 4.34. The van der Waals surface area contributed by atoms with Crippen molar-refractivity contribution in [1.82, 2.24) is 0 Å². The Morgan fingerprint density at radius 3 is 2.71 bits per heavy atom. The zero-order valence-electron chi connectivity index (χ0n) is 9.36. The highest BCUT2D eigenvalue weighted by Crippen LogP contribution is 2.20. The molecule has 0 fully saturated rings. The van der Waals surface area contributed by atoms with Gasteiger partial charge in [-0.3, -0.25) is 4.79 Å². The zero-order valence-corrected chi connectivity index (χ0v) is 10.9. The molecule has 0 atom stereocenters. The van der Waals surface area contributed by atoms with E-state index in [1.807, 2.05) is 13.0 Å². The van der Waals surface area contributed by atoms with Gasteiger partial charge in [0.15, 0.2) is 0 Å². The topological polar surface area (TPSA) is 40.5 Å². The maximum Gasteiger partial charge on any atom is 0.323 e. The van der Waals surface area contributed by atoms with E-state index in [0.29, 0.717) is 11.6 Å². The van der Waals surface area contributed by atoms with Crippen molar-refractivity contribution in [2.75, 3.05) is 18.0 Å². The summed E-state index contributed by atoms with van der Waals surface area (Å²) >= 11 is 11.5. The van der Waals surface area contributed by atoms with Gasteiger partial charge in [0.05, 0.1) is 0 Å². The summed E-state index contributed by atoms with van der Waals surface area (Å²) in [5, 5.41) is 9.45. The highest BCUT2D eigenvalue weighted by molar-refractivity contribution is 6.30. The molecule has 0 radical (unpaired) electrons. The molecule has 0 spiro atoms.